The second-order valence-electron chi connectivity index (χ2n) is 6.79. The lowest BCUT2D eigenvalue weighted by molar-refractivity contribution is -0.149. The van der Waals surface area contributed by atoms with E-state index < -0.39 is 23.8 Å². The summed E-state index contributed by atoms with van der Waals surface area (Å²) in [5.74, 6) is -1.92. The van der Waals surface area contributed by atoms with Gasteiger partial charge in [-0.15, -0.1) is 5.10 Å². The molecule has 2 aliphatic heterocycles. The molecule has 0 bridgehead atoms. The summed E-state index contributed by atoms with van der Waals surface area (Å²) in [5.41, 5.74) is 1.62. The highest BCUT2D eigenvalue weighted by atomic mass is 16.2. The number of likely N-dealkylation sites (tertiary alicyclic amines) is 1. The van der Waals surface area contributed by atoms with E-state index in [2.05, 4.69) is 15.6 Å². The number of imide groups is 2. The lowest BCUT2D eigenvalue weighted by Crippen LogP contribution is -2.54. The summed E-state index contributed by atoms with van der Waals surface area (Å²) in [6.45, 7) is 0.325. The molecule has 1 aromatic heterocycles. The molecule has 4 amide bonds. The Morgan fingerprint density at radius 1 is 1.14 bits per heavy atom. The average Bonchev–Trinajstić information content (AvgIpc) is 3.21. The first kappa shape index (κ1) is 17.8. The molecule has 1 atom stereocenters. The number of nitrogens with zero attached hydrogens (tertiary/aromatic N) is 5. The molecule has 3 heterocycles. The second kappa shape index (κ2) is 6.55. The number of anilines is 1. The lowest BCUT2D eigenvalue weighted by atomic mass is 10.0. The van der Waals surface area contributed by atoms with E-state index in [1.165, 1.54) is 7.05 Å². The number of fused-ring (bicyclic) bond motifs is 1. The predicted octanol–water partition coefficient (Wildman–Crippen LogP) is 0.171. The number of hydrogen-bond donors (Lipinski definition) is 1. The fourth-order valence-electron chi connectivity index (χ4n) is 3.53. The van der Waals surface area contributed by atoms with E-state index in [9.17, 15) is 19.2 Å². The summed E-state index contributed by atoms with van der Waals surface area (Å²) >= 11 is 0. The molecule has 4 rings (SSSR count). The number of piperidine rings is 1. The predicted molar refractivity (Wildman–Crippen MR) is 96.1 cm³/mol. The van der Waals surface area contributed by atoms with Gasteiger partial charge in [-0.3, -0.25) is 33.7 Å². The Kier molecular flexibility index (Phi) is 4.17. The minimum absolute atomic E-state index is 0.109. The van der Waals surface area contributed by atoms with Crippen LogP contribution in [0.4, 0.5) is 5.69 Å². The van der Waals surface area contributed by atoms with Crippen LogP contribution in [0.5, 0.6) is 0 Å². The molecule has 2 aliphatic rings. The van der Waals surface area contributed by atoms with E-state index in [1.807, 2.05) is 0 Å². The van der Waals surface area contributed by atoms with Crippen molar-refractivity contribution in [3.8, 4) is 0 Å². The SMILES string of the molecule is CN1C(=O)CCC(N2C(=O)c3cccc(NCc4cn(C)nn4)c3C2=O)C1=O. The van der Waals surface area contributed by atoms with Crippen LogP contribution in [-0.2, 0) is 23.2 Å². The largest absolute Gasteiger partial charge is 0.379 e. The number of hydrogen-bond acceptors (Lipinski definition) is 7. The molecule has 1 unspecified atom stereocenters. The highest BCUT2D eigenvalue weighted by molar-refractivity contribution is 6.25. The monoisotopic (exact) mass is 382 g/mol. The molecule has 1 N–H and O–H groups in total. The Bertz CT molecular complexity index is 1010. The van der Waals surface area contributed by atoms with E-state index in [1.54, 1.807) is 36.1 Å². The molecule has 1 saturated heterocycles. The van der Waals surface area contributed by atoms with E-state index in [4.69, 9.17) is 0 Å². The first-order valence-corrected chi connectivity index (χ1v) is 8.79. The Hall–Kier alpha value is -3.56. The van der Waals surface area contributed by atoms with Crippen LogP contribution in [0, 0.1) is 0 Å². The van der Waals surface area contributed by atoms with Crippen molar-refractivity contribution in [2.45, 2.75) is 25.4 Å². The zero-order valence-electron chi connectivity index (χ0n) is 15.4. The van der Waals surface area contributed by atoms with Crippen molar-refractivity contribution in [2.75, 3.05) is 12.4 Å². The number of carbonyl (C=O) groups is 4. The molecule has 10 heteroatoms. The average molecular weight is 382 g/mol. The zero-order chi connectivity index (χ0) is 20.0. The van der Waals surface area contributed by atoms with Crippen LogP contribution in [0.2, 0.25) is 0 Å². The molecule has 28 heavy (non-hydrogen) atoms. The van der Waals surface area contributed by atoms with Crippen molar-refractivity contribution in [3.05, 3.63) is 41.2 Å². The van der Waals surface area contributed by atoms with Gasteiger partial charge in [0, 0.05) is 32.4 Å². The van der Waals surface area contributed by atoms with Gasteiger partial charge in [-0.25, -0.2) is 0 Å². The summed E-state index contributed by atoms with van der Waals surface area (Å²) in [6, 6.07) is 3.96. The van der Waals surface area contributed by atoms with Gasteiger partial charge in [-0.1, -0.05) is 11.3 Å². The smallest absolute Gasteiger partial charge is 0.264 e. The first-order chi connectivity index (χ1) is 13.4. The number of aryl methyl sites for hydroxylation is 1. The minimum Gasteiger partial charge on any atom is -0.379 e. The van der Waals surface area contributed by atoms with Gasteiger partial charge in [-0.2, -0.15) is 0 Å². The minimum atomic E-state index is -0.969. The van der Waals surface area contributed by atoms with Gasteiger partial charge in [0.2, 0.25) is 5.91 Å². The second-order valence-corrected chi connectivity index (χ2v) is 6.79. The van der Waals surface area contributed by atoms with Gasteiger partial charge >= 0.3 is 0 Å². The van der Waals surface area contributed by atoms with Crippen molar-refractivity contribution in [1.29, 1.82) is 0 Å². The fourth-order valence-corrected chi connectivity index (χ4v) is 3.53. The first-order valence-electron chi connectivity index (χ1n) is 8.79. The highest BCUT2D eigenvalue weighted by Crippen LogP contribution is 2.33. The summed E-state index contributed by atoms with van der Waals surface area (Å²) in [5, 5.41) is 10.9. The quantitative estimate of drug-likeness (QED) is 0.749. The van der Waals surface area contributed by atoms with Crippen LogP contribution >= 0.6 is 0 Å². The highest BCUT2D eigenvalue weighted by Gasteiger charge is 2.47. The van der Waals surface area contributed by atoms with Crippen molar-refractivity contribution < 1.29 is 19.2 Å². The number of amides is 4. The number of benzene rings is 1. The Labute approximate surface area is 160 Å². The molecule has 0 saturated carbocycles. The number of rotatable bonds is 4. The van der Waals surface area contributed by atoms with Crippen molar-refractivity contribution >= 4 is 29.3 Å². The molecule has 0 spiro atoms. The normalized spacial score (nSPS) is 19.4. The summed E-state index contributed by atoms with van der Waals surface area (Å²) < 4.78 is 1.56. The topological polar surface area (TPSA) is 118 Å². The molecule has 1 fully saturated rings. The van der Waals surface area contributed by atoms with Gasteiger partial charge in [0.1, 0.15) is 11.7 Å². The van der Waals surface area contributed by atoms with Gasteiger partial charge < -0.3 is 5.32 Å². The Balaban J connectivity index is 1.62. The summed E-state index contributed by atoms with van der Waals surface area (Å²) in [7, 11) is 3.11. The van der Waals surface area contributed by atoms with Crippen LogP contribution in [0.1, 0.15) is 39.3 Å². The number of aromatic nitrogens is 3. The Morgan fingerprint density at radius 3 is 2.64 bits per heavy atom. The number of likely N-dealkylation sites (N-methyl/N-ethyl adjacent to an activating group) is 1. The maximum Gasteiger partial charge on any atom is 0.264 e. The van der Waals surface area contributed by atoms with Gasteiger partial charge in [0.05, 0.1) is 17.7 Å². The van der Waals surface area contributed by atoms with Gasteiger partial charge in [0.25, 0.3) is 17.7 Å². The third-order valence-corrected chi connectivity index (χ3v) is 4.99. The lowest BCUT2D eigenvalue weighted by Gasteiger charge is -2.32. The molecule has 144 valence electrons. The zero-order valence-corrected chi connectivity index (χ0v) is 15.4. The number of carbonyl (C=O) groups excluding carboxylic acids is 4. The van der Waals surface area contributed by atoms with Crippen LogP contribution in [0.25, 0.3) is 0 Å². The molecular weight excluding hydrogens is 364 g/mol. The third kappa shape index (κ3) is 2.73. The van der Waals surface area contributed by atoms with Crippen molar-refractivity contribution in [2.24, 2.45) is 7.05 Å². The van der Waals surface area contributed by atoms with Crippen LogP contribution in [0.3, 0.4) is 0 Å². The van der Waals surface area contributed by atoms with Crippen LogP contribution in [-0.4, -0.2) is 61.5 Å². The van der Waals surface area contributed by atoms with Gasteiger partial charge in [0.15, 0.2) is 0 Å². The molecule has 1 aromatic carbocycles. The van der Waals surface area contributed by atoms with Crippen LogP contribution in [0.15, 0.2) is 24.4 Å². The Morgan fingerprint density at radius 2 is 1.93 bits per heavy atom. The van der Waals surface area contributed by atoms with E-state index in [0.29, 0.717) is 17.9 Å². The molecule has 0 radical (unpaired) electrons. The molecule has 0 aliphatic carbocycles. The molecule has 2 aromatic rings. The summed E-state index contributed by atoms with van der Waals surface area (Å²) in [6.07, 6.45) is 1.98. The summed E-state index contributed by atoms with van der Waals surface area (Å²) in [4.78, 5) is 52.1. The maximum absolute atomic E-state index is 13.1. The van der Waals surface area contributed by atoms with Crippen molar-refractivity contribution in [1.82, 2.24) is 24.8 Å². The fraction of sp³-hybridized carbons (Fsp3) is 0.333. The maximum atomic E-state index is 13.1. The van der Waals surface area contributed by atoms with Crippen LogP contribution < -0.4 is 5.32 Å². The van der Waals surface area contributed by atoms with E-state index >= 15 is 0 Å². The van der Waals surface area contributed by atoms with Gasteiger partial charge in [-0.05, 0) is 18.6 Å². The third-order valence-electron chi connectivity index (χ3n) is 4.99. The van der Waals surface area contributed by atoms with Crippen molar-refractivity contribution in [3.63, 3.8) is 0 Å². The van der Waals surface area contributed by atoms with E-state index in [0.717, 1.165) is 9.80 Å². The number of nitrogens with one attached hydrogen (secondary N) is 1. The molecular formula is C18H18N6O4. The van der Waals surface area contributed by atoms with E-state index in [-0.39, 0.29) is 29.9 Å². The molecule has 10 nitrogen and oxygen atoms in total. The standard InChI is InChI=1S/C18H18N6O4/c1-22-9-10(20-21-22)8-19-12-5-3-4-11-15(12)18(28)24(16(11)26)13-6-7-14(25)23(2)17(13)27/h3-5,9,13,19H,6-8H2,1-2H3.